The molecular weight excluding hydrogens is 238 g/mol. The summed E-state index contributed by atoms with van der Waals surface area (Å²) in [5.41, 5.74) is 3.05. The van der Waals surface area contributed by atoms with Crippen molar-refractivity contribution < 1.29 is 4.79 Å². The summed E-state index contributed by atoms with van der Waals surface area (Å²) in [5.74, 6) is 0.787. The van der Waals surface area contributed by atoms with Crippen molar-refractivity contribution in [2.75, 3.05) is 11.9 Å². The van der Waals surface area contributed by atoms with Crippen LogP contribution < -0.4 is 4.90 Å². The first kappa shape index (κ1) is 12.8. The highest BCUT2D eigenvalue weighted by Gasteiger charge is 2.09. The first-order valence-electron chi connectivity index (χ1n) is 5.81. The SMILES string of the molecule is Cc1cc(C=O)cnc1N(C)c1ccc(C#N)cc1. The summed E-state index contributed by atoms with van der Waals surface area (Å²) >= 11 is 0. The highest BCUT2D eigenvalue weighted by atomic mass is 16.1. The van der Waals surface area contributed by atoms with Crippen LogP contribution in [0.5, 0.6) is 0 Å². The van der Waals surface area contributed by atoms with Crippen molar-refractivity contribution in [3.63, 3.8) is 0 Å². The number of benzene rings is 1. The number of aromatic nitrogens is 1. The minimum atomic E-state index is 0.564. The minimum Gasteiger partial charge on any atom is -0.329 e. The van der Waals surface area contributed by atoms with Crippen LogP contribution in [0.2, 0.25) is 0 Å². The molecule has 1 aromatic heterocycles. The molecule has 0 unspecified atom stereocenters. The quantitative estimate of drug-likeness (QED) is 0.787. The zero-order valence-electron chi connectivity index (χ0n) is 10.8. The molecule has 0 amide bonds. The van der Waals surface area contributed by atoms with Gasteiger partial charge in [-0.1, -0.05) is 0 Å². The number of aldehydes is 1. The van der Waals surface area contributed by atoms with E-state index in [4.69, 9.17) is 5.26 Å². The Kier molecular flexibility index (Phi) is 3.58. The van der Waals surface area contributed by atoms with Gasteiger partial charge in [-0.2, -0.15) is 5.26 Å². The Hall–Kier alpha value is -2.67. The van der Waals surface area contributed by atoms with Gasteiger partial charge in [0.1, 0.15) is 5.82 Å². The molecule has 94 valence electrons. The molecular formula is C15H13N3O. The molecule has 0 radical (unpaired) electrons. The van der Waals surface area contributed by atoms with Crippen LogP contribution in [-0.2, 0) is 0 Å². The molecule has 1 heterocycles. The van der Waals surface area contributed by atoms with Crippen LogP contribution in [0.3, 0.4) is 0 Å². The zero-order valence-corrected chi connectivity index (χ0v) is 10.8. The molecule has 1 aromatic carbocycles. The summed E-state index contributed by atoms with van der Waals surface area (Å²) in [6.07, 6.45) is 2.33. The molecule has 0 aliphatic carbocycles. The molecule has 0 saturated carbocycles. The minimum absolute atomic E-state index is 0.564. The molecule has 2 aromatic rings. The van der Waals surface area contributed by atoms with E-state index < -0.39 is 0 Å². The van der Waals surface area contributed by atoms with Gasteiger partial charge in [0.15, 0.2) is 6.29 Å². The Labute approximate surface area is 111 Å². The van der Waals surface area contributed by atoms with Crippen molar-refractivity contribution in [1.29, 1.82) is 5.26 Å². The van der Waals surface area contributed by atoms with E-state index in [1.54, 1.807) is 24.4 Å². The molecule has 0 atom stereocenters. The van der Waals surface area contributed by atoms with Gasteiger partial charge in [0, 0.05) is 24.5 Å². The molecule has 0 spiro atoms. The summed E-state index contributed by atoms with van der Waals surface area (Å²) in [7, 11) is 1.90. The van der Waals surface area contributed by atoms with Gasteiger partial charge in [0.25, 0.3) is 0 Å². The lowest BCUT2D eigenvalue weighted by molar-refractivity contribution is 0.112. The third-order valence-corrected chi connectivity index (χ3v) is 2.91. The number of nitriles is 1. The van der Waals surface area contributed by atoms with E-state index in [-0.39, 0.29) is 0 Å². The van der Waals surface area contributed by atoms with Crippen LogP contribution in [0.1, 0.15) is 21.5 Å². The summed E-state index contributed by atoms with van der Waals surface area (Å²) in [4.78, 5) is 16.9. The van der Waals surface area contributed by atoms with Gasteiger partial charge in [-0.3, -0.25) is 4.79 Å². The van der Waals surface area contributed by atoms with Gasteiger partial charge in [-0.15, -0.1) is 0 Å². The van der Waals surface area contributed by atoms with Gasteiger partial charge < -0.3 is 4.90 Å². The van der Waals surface area contributed by atoms with Gasteiger partial charge in [0.05, 0.1) is 11.6 Å². The third kappa shape index (κ3) is 2.61. The van der Waals surface area contributed by atoms with E-state index in [2.05, 4.69) is 11.1 Å². The molecule has 19 heavy (non-hydrogen) atoms. The molecule has 0 aliphatic heterocycles. The number of rotatable bonds is 3. The summed E-state index contributed by atoms with van der Waals surface area (Å²) in [6.45, 7) is 1.91. The predicted molar refractivity (Wildman–Crippen MR) is 73.6 cm³/mol. The fraction of sp³-hybridized carbons (Fsp3) is 0.133. The predicted octanol–water partition coefficient (Wildman–Crippen LogP) is 2.84. The van der Waals surface area contributed by atoms with Crippen LogP contribution in [0.25, 0.3) is 0 Å². The number of hydrogen-bond acceptors (Lipinski definition) is 4. The summed E-state index contributed by atoms with van der Waals surface area (Å²) < 4.78 is 0. The van der Waals surface area contributed by atoms with Crippen LogP contribution >= 0.6 is 0 Å². The van der Waals surface area contributed by atoms with Crippen LogP contribution in [0, 0.1) is 18.3 Å². The van der Waals surface area contributed by atoms with Crippen LogP contribution in [0.4, 0.5) is 11.5 Å². The molecule has 4 heteroatoms. The standard InChI is InChI=1S/C15H13N3O/c1-11-7-13(10-19)9-17-15(11)18(2)14-5-3-12(8-16)4-6-14/h3-7,9-10H,1-2H3. The average Bonchev–Trinajstić information content (AvgIpc) is 2.46. The smallest absolute Gasteiger partial charge is 0.151 e. The fourth-order valence-electron chi connectivity index (χ4n) is 1.89. The second kappa shape index (κ2) is 5.32. The van der Waals surface area contributed by atoms with Gasteiger partial charge >= 0.3 is 0 Å². The number of pyridine rings is 1. The maximum absolute atomic E-state index is 10.7. The second-order valence-corrected chi connectivity index (χ2v) is 4.24. The molecule has 0 fully saturated rings. The Morgan fingerprint density at radius 3 is 2.53 bits per heavy atom. The zero-order chi connectivity index (χ0) is 13.8. The first-order chi connectivity index (χ1) is 9.15. The van der Waals surface area contributed by atoms with Crippen LogP contribution in [0.15, 0.2) is 36.5 Å². The lowest BCUT2D eigenvalue weighted by atomic mass is 10.2. The summed E-state index contributed by atoms with van der Waals surface area (Å²) in [6, 6.07) is 11.2. The largest absolute Gasteiger partial charge is 0.329 e. The first-order valence-corrected chi connectivity index (χ1v) is 5.81. The van der Waals surface area contributed by atoms with E-state index >= 15 is 0 Å². The fourth-order valence-corrected chi connectivity index (χ4v) is 1.89. The van der Waals surface area contributed by atoms with E-state index in [9.17, 15) is 4.79 Å². The number of aryl methyl sites for hydroxylation is 1. The van der Waals surface area contributed by atoms with Crippen molar-refractivity contribution in [2.24, 2.45) is 0 Å². The van der Waals surface area contributed by atoms with Crippen molar-refractivity contribution in [3.05, 3.63) is 53.2 Å². The molecule has 4 nitrogen and oxygen atoms in total. The molecule has 2 rings (SSSR count). The Bertz CT molecular complexity index is 641. The number of carbonyl (C=O) groups is 1. The van der Waals surface area contributed by atoms with E-state index in [1.807, 2.05) is 31.0 Å². The Morgan fingerprint density at radius 1 is 1.32 bits per heavy atom. The van der Waals surface area contributed by atoms with E-state index in [0.717, 1.165) is 23.4 Å². The van der Waals surface area contributed by atoms with Crippen LogP contribution in [-0.4, -0.2) is 18.3 Å². The number of nitrogens with zero attached hydrogens (tertiary/aromatic N) is 3. The normalized spacial score (nSPS) is 9.74. The lowest BCUT2D eigenvalue weighted by Gasteiger charge is -2.20. The number of carbonyl (C=O) groups excluding carboxylic acids is 1. The highest BCUT2D eigenvalue weighted by Crippen LogP contribution is 2.24. The maximum Gasteiger partial charge on any atom is 0.151 e. The molecule has 0 bridgehead atoms. The highest BCUT2D eigenvalue weighted by molar-refractivity contribution is 5.76. The number of hydrogen-bond donors (Lipinski definition) is 0. The monoisotopic (exact) mass is 251 g/mol. The maximum atomic E-state index is 10.7. The van der Waals surface area contributed by atoms with Gasteiger partial charge in [-0.25, -0.2) is 4.98 Å². The Morgan fingerprint density at radius 2 is 2.00 bits per heavy atom. The second-order valence-electron chi connectivity index (χ2n) is 4.24. The van der Waals surface area contributed by atoms with Crippen molar-refractivity contribution in [2.45, 2.75) is 6.92 Å². The van der Waals surface area contributed by atoms with Gasteiger partial charge in [-0.05, 0) is 42.8 Å². The lowest BCUT2D eigenvalue weighted by Crippen LogP contribution is -2.12. The van der Waals surface area contributed by atoms with E-state index in [1.165, 1.54) is 0 Å². The third-order valence-electron chi connectivity index (χ3n) is 2.91. The van der Waals surface area contributed by atoms with Crippen molar-refractivity contribution in [1.82, 2.24) is 4.98 Å². The average molecular weight is 251 g/mol. The number of anilines is 2. The topological polar surface area (TPSA) is 57.0 Å². The van der Waals surface area contributed by atoms with Gasteiger partial charge in [0.2, 0.25) is 0 Å². The van der Waals surface area contributed by atoms with Crippen molar-refractivity contribution >= 4 is 17.8 Å². The molecule has 0 saturated heterocycles. The molecule has 0 N–H and O–H groups in total. The van der Waals surface area contributed by atoms with E-state index in [0.29, 0.717) is 11.1 Å². The summed E-state index contributed by atoms with van der Waals surface area (Å²) in [5, 5.41) is 8.78. The van der Waals surface area contributed by atoms with Crippen molar-refractivity contribution in [3.8, 4) is 6.07 Å². The Balaban J connectivity index is 2.35. The molecule has 0 aliphatic rings.